The molecule has 1 saturated heterocycles. The number of aliphatic carboxylic acids is 1. The number of hydrogen-bond acceptors (Lipinski definition) is 17. The fraction of sp³-hybridized carbons (Fsp3) is 0.308. The first kappa shape index (κ1) is 59.5. The van der Waals surface area contributed by atoms with Gasteiger partial charge in [-0.3, -0.25) is 38.9 Å². The highest BCUT2D eigenvalue weighted by Gasteiger charge is 2.46. The van der Waals surface area contributed by atoms with Gasteiger partial charge in [-0.2, -0.15) is 0 Å². The van der Waals surface area contributed by atoms with E-state index in [2.05, 4.69) is 40.6 Å². The van der Waals surface area contributed by atoms with Gasteiger partial charge in [0.15, 0.2) is 0 Å². The minimum Gasteiger partial charge on any atom is -0.480 e. The normalized spacial score (nSPS) is 14.6. The number of nitrogens with one attached hydrogen (secondary N) is 4. The van der Waals surface area contributed by atoms with Crippen molar-refractivity contribution in [3.8, 4) is 28.1 Å². The van der Waals surface area contributed by atoms with Crippen molar-refractivity contribution >= 4 is 84.0 Å². The number of alkyl halides is 2. The molecular formula is C52H51F4N9O12S3. The molecule has 5 N–H and O–H groups in total. The second kappa shape index (κ2) is 26.7. The van der Waals surface area contributed by atoms with E-state index in [0.717, 1.165) is 33.4 Å². The number of ether oxygens (including phenoxy) is 3. The zero-order valence-corrected chi connectivity index (χ0v) is 45.2. The van der Waals surface area contributed by atoms with Crippen LogP contribution in [0.25, 0.3) is 33.2 Å². The first-order chi connectivity index (χ1) is 38.1. The molecule has 1 fully saturated rings. The number of halogens is 4. The Hall–Kier alpha value is -8.11. The Morgan fingerprint density at radius 3 is 2.30 bits per heavy atom. The molecule has 0 saturated carbocycles. The highest BCUT2D eigenvalue weighted by Crippen LogP contribution is 2.35. The minimum absolute atomic E-state index is 0.0610. The Balaban J connectivity index is 0.803. The zero-order chi connectivity index (χ0) is 57.7. The van der Waals surface area contributed by atoms with E-state index < -0.39 is 99.3 Å². The molecule has 2 aromatic carbocycles. The van der Waals surface area contributed by atoms with Gasteiger partial charge in [0.05, 0.1) is 37.1 Å². The third-order valence-electron chi connectivity index (χ3n) is 12.0. The number of benzene rings is 2. The van der Waals surface area contributed by atoms with E-state index in [4.69, 9.17) is 14.2 Å². The number of fused-ring (bicyclic) bond motifs is 1. The summed E-state index contributed by atoms with van der Waals surface area (Å²) < 4.78 is 99.7. The second-order valence-electron chi connectivity index (χ2n) is 17.9. The predicted octanol–water partition coefficient (Wildman–Crippen LogP) is 6.92. The number of carbonyl (C=O) groups excluding carboxylic acids is 5. The lowest BCUT2D eigenvalue weighted by Crippen LogP contribution is -2.48. The number of carboxylic acid groups (broad SMARTS) is 1. The van der Waals surface area contributed by atoms with Crippen LogP contribution in [0.3, 0.4) is 0 Å². The number of nitrogens with zero attached hydrogens (tertiary/aromatic N) is 5. The molecule has 4 amide bonds. The van der Waals surface area contributed by atoms with Gasteiger partial charge in [-0.15, -0.1) is 0 Å². The molecule has 0 spiro atoms. The maximum absolute atomic E-state index is 14.5. The van der Waals surface area contributed by atoms with Crippen LogP contribution in [-0.4, -0.2) is 130 Å². The smallest absolute Gasteiger partial charge is 0.480 e. The monoisotopic (exact) mass is 1170 g/mol. The molecule has 6 aromatic rings. The Kier molecular flexibility index (Phi) is 19.9. The molecule has 422 valence electrons. The Morgan fingerprint density at radius 2 is 1.59 bits per heavy atom. The van der Waals surface area contributed by atoms with Crippen LogP contribution in [0.15, 0.2) is 102 Å². The van der Waals surface area contributed by atoms with Crippen LogP contribution < -0.4 is 25.4 Å². The van der Waals surface area contributed by atoms with Gasteiger partial charge in [0.2, 0.25) is 23.6 Å². The van der Waals surface area contributed by atoms with E-state index in [1.54, 1.807) is 42.7 Å². The fourth-order valence-electron chi connectivity index (χ4n) is 8.05. The van der Waals surface area contributed by atoms with Crippen LogP contribution in [0.4, 0.5) is 28.0 Å². The van der Waals surface area contributed by atoms with E-state index >= 15 is 0 Å². The molecule has 1 aliphatic rings. The summed E-state index contributed by atoms with van der Waals surface area (Å²) in [6.45, 7) is 1.73. The molecule has 0 bridgehead atoms. The number of carboxylic acids is 1. The van der Waals surface area contributed by atoms with E-state index in [9.17, 15) is 59.9 Å². The summed E-state index contributed by atoms with van der Waals surface area (Å²) in [6, 6.07) is 13.8. The summed E-state index contributed by atoms with van der Waals surface area (Å²) in [6.07, 6.45) is 3.90. The molecule has 1 unspecified atom stereocenters. The molecule has 1 aliphatic heterocycles. The molecule has 4 aromatic heterocycles. The Bertz CT molecular complexity index is 3410. The molecule has 0 aliphatic carbocycles. The third-order valence-corrected chi connectivity index (χ3v) is 15.8. The lowest BCUT2D eigenvalue weighted by molar-refractivity contribution is -0.141. The van der Waals surface area contributed by atoms with Crippen molar-refractivity contribution in [3.63, 3.8) is 0 Å². The topological polar surface area (TPSA) is 287 Å². The van der Waals surface area contributed by atoms with Gasteiger partial charge in [-0.1, -0.05) is 33.7 Å². The van der Waals surface area contributed by atoms with Crippen LogP contribution >= 0.6 is 21.6 Å². The molecular weight excluding hydrogens is 1110 g/mol. The molecule has 7 rings (SSSR count). The third kappa shape index (κ3) is 16.0. The van der Waals surface area contributed by atoms with Gasteiger partial charge < -0.3 is 40.2 Å². The van der Waals surface area contributed by atoms with Gasteiger partial charge in [-0.05, 0) is 79.6 Å². The van der Waals surface area contributed by atoms with Gasteiger partial charge in [0.25, 0.3) is 21.9 Å². The van der Waals surface area contributed by atoms with Gasteiger partial charge in [0.1, 0.15) is 47.5 Å². The van der Waals surface area contributed by atoms with Crippen molar-refractivity contribution in [3.05, 3.63) is 126 Å². The summed E-state index contributed by atoms with van der Waals surface area (Å²) >= 11 is 0. The number of sulfonamides is 1. The van der Waals surface area contributed by atoms with Crippen molar-refractivity contribution in [2.24, 2.45) is 0 Å². The van der Waals surface area contributed by atoms with Crippen molar-refractivity contribution < 1.29 is 74.1 Å². The number of hydrogen-bond donors (Lipinski definition) is 5. The number of methoxy groups -OCH3 is 1. The molecule has 0 radical (unpaired) electrons. The number of aromatic nitrogens is 4. The largest absolute Gasteiger partial charge is 0.508 e. The molecule has 28 heteroatoms. The second-order valence-corrected chi connectivity index (χ2v) is 22.2. The van der Waals surface area contributed by atoms with E-state index in [0.29, 0.717) is 39.4 Å². The van der Waals surface area contributed by atoms with Gasteiger partial charge in [-0.25, -0.2) is 40.6 Å². The average molecular weight is 1170 g/mol. The molecule has 80 heavy (non-hydrogen) atoms. The first-order valence-electron chi connectivity index (χ1n) is 24.2. The van der Waals surface area contributed by atoms with Crippen LogP contribution in [0.5, 0.6) is 5.88 Å². The van der Waals surface area contributed by atoms with Gasteiger partial charge in [0, 0.05) is 89.7 Å². The summed E-state index contributed by atoms with van der Waals surface area (Å²) in [5, 5.41) is 17.8. The summed E-state index contributed by atoms with van der Waals surface area (Å²) in [5.74, 6) is -9.01. The van der Waals surface area contributed by atoms with Crippen LogP contribution in [0.2, 0.25) is 0 Å². The minimum atomic E-state index is -4.53. The first-order valence-corrected chi connectivity index (χ1v) is 28.2. The Morgan fingerprint density at radius 1 is 0.838 bits per heavy atom. The standard InChI is InChI=1S/C52H51F4N9O12S3/c1-29-22-52(55,56)28-65(29)49(69)30(2)62-47(68)32-12-14-57-37(18-32)25-60-45(66)10-11-46(67)63-43(50(70)71)27-79-78-17-16-76-51(72)77-26-36-7-4-33(23-59-36)38-13-15-58-41-8-5-31(19-39(38)41)34-20-42(48(75-3)61-24-34)64-80(73,74)44-9-6-35(53)21-40(44)54/h4-9,12-15,18-21,23-24,29-30,43,64H,10-11,16-17,22,25-28H2,1-3H3,(H,60,66)(H,62,68)(H,63,67)(H,70,71)/t29-,30+,43?/m1/s1. The zero-order valence-electron chi connectivity index (χ0n) is 42.7. The molecule has 5 heterocycles. The highest BCUT2D eigenvalue weighted by molar-refractivity contribution is 8.76. The van der Waals surface area contributed by atoms with Crippen LogP contribution in [0.1, 0.15) is 54.9 Å². The average Bonchev–Trinajstić information content (AvgIpc) is 3.79. The van der Waals surface area contributed by atoms with Crippen LogP contribution in [-0.2, 0) is 51.8 Å². The number of rotatable bonds is 24. The lowest BCUT2D eigenvalue weighted by Gasteiger charge is -2.25. The highest BCUT2D eigenvalue weighted by atomic mass is 33.1. The van der Waals surface area contributed by atoms with Gasteiger partial charge >= 0.3 is 12.1 Å². The summed E-state index contributed by atoms with van der Waals surface area (Å²) in [4.78, 5) is 92.5. The van der Waals surface area contributed by atoms with Crippen molar-refractivity contribution in [2.75, 3.05) is 36.5 Å². The maximum atomic E-state index is 14.5. The maximum Gasteiger partial charge on any atom is 0.508 e. The number of amides is 4. The summed E-state index contributed by atoms with van der Waals surface area (Å²) in [7, 11) is -0.959. The van der Waals surface area contributed by atoms with E-state index in [1.165, 1.54) is 62.3 Å². The number of carbonyl (C=O) groups is 6. The van der Waals surface area contributed by atoms with Crippen molar-refractivity contribution in [1.82, 2.24) is 40.8 Å². The predicted molar refractivity (Wildman–Crippen MR) is 286 cm³/mol. The van der Waals surface area contributed by atoms with Crippen molar-refractivity contribution in [2.45, 2.75) is 75.2 Å². The van der Waals surface area contributed by atoms with E-state index in [-0.39, 0.29) is 66.9 Å². The quantitative estimate of drug-likeness (QED) is 0.0178. The lowest BCUT2D eigenvalue weighted by atomic mass is 9.98. The number of likely N-dealkylation sites (tertiary alicyclic amines) is 1. The Labute approximate surface area is 462 Å². The summed E-state index contributed by atoms with van der Waals surface area (Å²) in [5.41, 5.74) is 3.79. The van der Waals surface area contributed by atoms with E-state index in [1.807, 2.05) is 6.07 Å². The van der Waals surface area contributed by atoms with Crippen LogP contribution in [0, 0.1) is 11.6 Å². The number of anilines is 1. The molecule has 21 nitrogen and oxygen atoms in total. The van der Waals surface area contributed by atoms with Crippen molar-refractivity contribution in [1.29, 1.82) is 0 Å². The molecule has 3 atom stereocenters. The SMILES string of the molecule is COc1ncc(-c2ccc3nccc(-c4ccc(COC(=O)OCCSSCC(NC(=O)CCC(=O)NCc5cc(C(=O)N[C@@H](C)C(=O)N6CC(F)(F)C[C@H]6C)ccn5)C(=O)O)nc4)c3c2)cc1NS(=O)(=O)c1ccc(F)cc1F. The fourth-order valence-corrected chi connectivity index (χ4v) is 11.1. The number of pyridine rings is 4.